The highest BCUT2D eigenvalue weighted by Gasteiger charge is 2.35. The molecule has 0 aliphatic heterocycles. The Morgan fingerprint density at radius 3 is 2.09 bits per heavy atom. The number of hydrogen-bond acceptors (Lipinski definition) is 1. The van der Waals surface area contributed by atoms with Crippen LogP contribution < -0.4 is 4.74 Å². The molecule has 172 valence electrons. The Kier molecular flexibility index (Phi) is 7.15. The molecule has 3 aromatic rings. The van der Waals surface area contributed by atoms with Gasteiger partial charge >= 0.3 is 0 Å². The minimum absolute atomic E-state index is 0.609. The fourth-order valence-corrected chi connectivity index (χ4v) is 6.39. The van der Waals surface area contributed by atoms with Crippen LogP contribution >= 0.6 is 0 Å². The van der Waals surface area contributed by atoms with Gasteiger partial charge in [0.1, 0.15) is 12.4 Å². The van der Waals surface area contributed by atoms with Crippen LogP contribution in [0.15, 0.2) is 78.9 Å². The molecular weight excluding hydrogens is 400 g/mol. The van der Waals surface area contributed by atoms with Gasteiger partial charge in [0.25, 0.3) is 0 Å². The lowest BCUT2D eigenvalue weighted by atomic mass is 9.63. The van der Waals surface area contributed by atoms with Crippen molar-refractivity contribution in [3.63, 3.8) is 0 Å². The Morgan fingerprint density at radius 2 is 1.36 bits per heavy atom. The van der Waals surface area contributed by atoms with Gasteiger partial charge in [0, 0.05) is 0 Å². The van der Waals surface area contributed by atoms with Crippen molar-refractivity contribution in [1.82, 2.24) is 0 Å². The molecule has 33 heavy (non-hydrogen) atoms. The zero-order chi connectivity index (χ0) is 22.5. The van der Waals surface area contributed by atoms with E-state index in [1.54, 1.807) is 5.56 Å². The van der Waals surface area contributed by atoms with Gasteiger partial charge in [-0.05, 0) is 90.2 Å². The van der Waals surface area contributed by atoms with Crippen LogP contribution in [0, 0.1) is 17.8 Å². The molecule has 0 saturated heterocycles. The molecule has 1 nitrogen and oxygen atoms in total. The van der Waals surface area contributed by atoms with Gasteiger partial charge in [-0.25, -0.2) is 0 Å². The Morgan fingerprint density at radius 1 is 0.697 bits per heavy atom. The largest absolute Gasteiger partial charge is 0.489 e. The van der Waals surface area contributed by atoms with Gasteiger partial charge in [0.05, 0.1) is 0 Å². The summed E-state index contributed by atoms with van der Waals surface area (Å²) in [6, 6.07) is 28.3. The molecule has 3 aromatic carbocycles. The predicted octanol–water partition coefficient (Wildman–Crippen LogP) is 9.03. The molecule has 0 amide bonds. The van der Waals surface area contributed by atoms with E-state index in [2.05, 4.69) is 79.7 Å². The maximum Gasteiger partial charge on any atom is 0.119 e. The van der Waals surface area contributed by atoms with E-state index in [1.807, 2.05) is 6.07 Å². The van der Waals surface area contributed by atoms with E-state index >= 15 is 0 Å². The van der Waals surface area contributed by atoms with Gasteiger partial charge in [0.15, 0.2) is 0 Å². The van der Waals surface area contributed by atoms with E-state index < -0.39 is 0 Å². The first-order valence-electron chi connectivity index (χ1n) is 13.2. The van der Waals surface area contributed by atoms with Crippen molar-refractivity contribution in [1.29, 1.82) is 0 Å². The molecule has 0 heterocycles. The lowest BCUT2D eigenvalue weighted by molar-refractivity contribution is 0.114. The maximum atomic E-state index is 5.94. The summed E-state index contributed by atoms with van der Waals surface area (Å²) in [4.78, 5) is 0. The molecule has 0 radical (unpaired) electrons. The normalized spacial score (nSPS) is 24.8. The van der Waals surface area contributed by atoms with E-state index in [4.69, 9.17) is 4.74 Å². The molecule has 1 heteroatoms. The van der Waals surface area contributed by atoms with Crippen LogP contribution in [-0.2, 0) is 6.61 Å². The van der Waals surface area contributed by atoms with Gasteiger partial charge in [-0.1, -0.05) is 92.9 Å². The highest BCUT2D eigenvalue weighted by Crippen LogP contribution is 2.48. The van der Waals surface area contributed by atoms with Crippen molar-refractivity contribution >= 4 is 0 Å². The molecule has 5 rings (SSSR count). The molecule has 0 spiro atoms. The minimum atomic E-state index is 0.609. The van der Waals surface area contributed by atoms with Gasteiger partial charge in [-0.15, -0.1) is 0 Å². The number of benzene rings is 3. The zero-order valence-electron chi connectivity index (χ0n) is 20.1. The smallest absolute Gasteiger partial charge is 0.119 e. The van der Waals surface area contributed by atoms with E-state index in [0.29, 0.717) is 6.61 Å². The second-order valence-corrected chi connectivity index (χ2v) is 10.4. The monoisotopic (exact) mass is 438 g/mol. The van der Waals surface area contributed by atoms with Crippen LogP contribution in [0.5, 0.6) is 5.75 Å². The molecule has 0 aromatic heterocycles. The van der Waals surface area contributed by atoms with Crippen molar-refractivity contribution in [2.75, 3.05) is 0 Å². The summed E-state index contributed by atoms with van der Waals surface area (Å²) in [5.41, 5.74) is 5.30. The number of hydrogen-bond donors (Lipinski definition) is 0. The summed E-state index contributed by atoms with van der Waals surface area (Å²) in [5, 5.41) is 0. The van der Waals surface area contributed by atoms with Crippen LogP contribution in [-0.4, -0.2) is 0 Å². The third kappa shape index (κ3) is 5.52. The number of ether oxygens (including phenoxy) is 1. The average molecular weight is 439 g/mol. The van der Waals surface area contributed by atoms with E-state index in [-0.39, 0.29) is 0 Å². The van der Waals surface area contributed by atoms with Crippen molar-refractivity contribution in [2.24, 2.45) is 17.8 Å². The van der Waals surface area contributed by atoms with Crippen molar-refractivity contribution in [2.45, 2.75) is 70.8 Å². The highest BCUT2D eigenvalue weighted by atomic mass is 16.5. The summed E-state index contributed by atoms with van der Waals surface area (Å²) in [6.45, 7) is 2.96. The first-order valence-corrected chi connectivity index (χ1v) is 13.2. The van der Waals surface area contributed by atoms with Crippen LogP contribution in [0.4, 0.5) is 0 Å². The standard InChI is InChI=1S/C32H38O/c1-2-6-24-9-10-31-22-30(16-15-29(31)21-24)28-13-11-26(12-14-28)27-17-19-32(20-18-27)33-23-25-7-4-3-5-8-25/h3-5,7-8,11-14,17-20,24,29-31H,2,6,9-10,15-16,21-23H2,1H3/t24?,29-,30-,31-/m1/s1. The number of fused-ring (bicyclic) bond motifs is 1. The van der Waals surface area contributed by atoms with Crippen LogP contribution in [0.1, 0.15) is 75.3 Å². The van der Waals surface area contributed by atoms with Gasteiger partial charge in [0.2, 0.25) is 0 Å². The fourth-order valence-electron chi connectivity index (χ4n) is 6.39. The SMILES string of the molecule is CCCC1CC[C@@H]2C[C@H](c3ccc(-c4ccc(OCc5ccccc5)cc4)cc3)CC[C@@H]2C1. The summed E-state index contributed by atoms with van der Waals surface area (Å²) < 4.78 is 5.94. The van der Waals surface area contributed by atoms with E-state index in [0.717, 1.165) is 29.4 Å². The molecule has 2 fully saturated rings. The predicted molar refractivity (Wildman–Crippen MR) is 138 cm³/mol. The molecule has 1 unspecified atom stereocenters. The first-order chi connectivity index (χ1) is 16.3. The van der Waals surface area contributed by atoms with Crippen LogP contribution in [0.25, 0.3) is 11.1 Å². The van der Waals surface area contributed by atoms with Crippen molar-refractivity contribution in [3.8, 4) is 16.9 Å². The second-order valence-electron chi connectivity index (χ2n) is 10.4. The quantitative estimate of drug-likeness (QED) is 0.357. The highest BCUT2D eigenvalue weighted by molar-refractivity contribution is 5.64. The first kappa shape index (κ1) is 22.3. The third-order valence-corrected chi connectivity index (χ3v) is 8.24. The third-order valence-electron chi connectivity index (χ3n) is 8.24. The molecule has 2 aliphatic rings. The van der Waals surface area contributed by atoms with Crippen molar-refractivity contribution < 1.29 is 4.74 Å². The molecule has 2 aliphatic carbocycles. The summed E-state index contributed by atoms with van der Waals surface area (Å²) in [7, 11) is 0. The van der Waals surface area contributed by atoms with Gasteiger partial charge in [-0.3, -0.25) is 0 Å². The second kappa shape index (κ2) is 10.6. The minimum Gasteiger partial charge on any atom is -0.489 e. The van der Waals surface area contributed by atoms with E-state index in [9.17, 15) is 0 Å². The van der Waals surface area contributed by atoms with Gasteiger partial charge in [-0.2, -0.15) is 0 Å². The van der Waals surface area contributed by atoms with E-state index in [1.165, 1.54) is 68.1 Å². The Labute approximate surface area is 200 Å². The Balaban J connectivity index is 1.17. The van der Waals surface area contributed by atoms with Gasteiger partial charge < -0.3 is 4.74 Å². The number of rotatable bonds is 7. The summed E-state index contributed by atoms with van der Waals surface area (Å²) >= 11 is 0. The average Bonchev–Trinajstić information content (AvgIpc) is 2.88. The maximum absolute atomic E-state index is 5.94. The molecule has 4 atom stereocenters. The summed E-state index contributed by atoms with van der Waals surface area (Å²) in [5.74, 6) is 4.68. The molecule has 2 saturated carbocycles. The Hall–Kier alpha value is -2.54. The molecule has 0 bridgehead atoms. The lowest BCUT2D eigenvalue weighted by Crippen LogP contribution is -2.30. The fraction of sp³-hybridized carbons (Fsp3) is 0.438. The van der Waals surface area contributed by atoms with Crippen LogP contribution in [0.3, 0.4) is 0 Å². The molecular formula is C32H38O. The van der Waals surface area contributed by atoms with Crippen molar-refractivity contribution in [3.05, 3.63) is 90.0 Å². The lowest BCUT2D eigenvalue weighted by Gasteiger charge is -2.42. The Bertz CT molecular complexity index is 989. The van der Waals surface area contributed by atoms with Crippen LogP contribution in [0.2, 0.25) is 0 Å². The summed E-state index contributed by atoms with van der Waals surface area (Å²) in [6.07, 6.45) is 11.5. The topological polar surface area (TPSA) is 9.23 Å². The zero-order valence-corrected chi connectivity index (χ0v) is 20.1. The molecule has 0 N–H and O–H groups in total.